The van der Waals surface area contributed by atoms with E-state index in [1.165, 1.54) is 65.3 Å². The Morgan fingerprint density at radius 1 is 0.660 bits per heavy atom. The van der Waals surface area contributed by atoms with Crippen LogP contribution in [0.2, 0.25) is 0 Å². The van der Waals surface area contributed by atoms with Gasteiger partial charge in [-0.1, -0.05) is 31.2 Å². The molecule has 14 heteroatoms. The van der Waals surface area contributed by atoms with Crippen molar-refractivity contribution in [1.29, 1.82) is 0 Å². The molecule has 0 spiro atoms. The summed E-state index contributed by atoms with van der Waals surface area (Å²) < 4.78 is 67.9. The highest BCUT2D eigenvalue weighted by Crippen LogP contribution is 2.23. The zero-order valence-electron chi connectivity index (χ0n) is 25.7. The summed E-state index contributed by atoms with van der Waals surface area (Å²) in [7, 11) is 0. The molecule has 254 valence electrons. The highest BCUT2D eigenvalue weighted by Gasteiger charge is 2.29. The van der Waals surface area contributed by atoms with Crippen molar-refractivity contribution in [2.75, 3.05) is 23.7 Å². The maximum atomic E-state index is 10.5. The Morgan fingerprint density at radius 2 is 1.02 bits per heavy atom. The number of aromatic nitrogens is 2. The molecule has 0 atom stereocenters. The molecular weight excluding hydrogens is 630 g/mol. The predicted molar refractivity (Wildman–Crippen MR) is 160 cm³/mol. The number of hydrogen-bond donors (Lipinski definition) is 2. The van der Waals surface area contributed by atoms with Gasteiger partial charge >= 0.3 is 12.4 Å². The minimum Gasteiger partial charge on any atom is -0.542 e. The second-order valence-corrected chi connectivity index (χ2v) is 11.0. The Morgan fingerprint density at radius 3 is 1.38 bits per heavy atom. The normalized spacial score (nSPS) is 15.0. The molecule has 2 N–H and O–H groups in total. The third kappa shape index (κ3) is 11.3. The molecule has 1 aliphatic heterocycles. The number of hydrogen-bond acceptors (Lipinski definition) is 6. The molecule has 1 aliphatic rings. The van der Waals surface area contributed by atoms with Crippen LogP contribution in [0.5, 0.6) is 0 Å². The number of halogens is 6. The number of carboxylic acids is 2. The van der Waals surface area contributed by atoms with Gasteiger partial charge in [-0.15, -0.1) is 0 Å². The Labute approximate surface area is 267 Å². The minimum absolute atomic E-state index is 0.662. The lowest BCUT2D eigenvalue weighted by atomic mass is 10.0. The van der Waals surface area contributed by atoms with Crippen LogP contribution >= 0.6 is 0 Å². The molecule has 2 aromatic carbocycles. The van der Waals surface area contributed by atoms with Gasteiger partial charge in [0.25, 0.3) is 0 Å². The summed E-state index contributed by atoms with van der Waals surface area (Å²) in [5, 5.41) is 27.7. The third-order valence-corrected chi connectivity index (χ3v) is 7.52. The van der Waals surface area contributed by atoms with Gasteiger partial charge in [-0.3, -0.25) is 0 Å². The van der Waals surface area contributed by atoms with E-state index in [2.05, 4.69) is 99.7 Å². The molecule has 0 fully saturated rings. The van der Waals surface area contributed by atoms with Crippen LogP contribution < -0.4 is 30.0 Å². The first-order chi connectivity index (χ1) is 22.2. The van der Waals surface area contributed by atoms with Crippen LogP contribution in [0.15, 0.2) is 73.1 Å². The number of para-hydroxylation sites is 2. The van der Waals surface area contributed by atoms with Crippen LogP contribution in [-0.4, -0.2) is 37.4 Å². The van der Waals surface area contributed by atoms with Gasteiger partial charge in [0.05, 0.1) is 22.1 Å². The fraction of sp³-hybridized carbons (Fsp3) is 0.394. The highest BCUT2D eigenvalue weighted by atomic mass is 19.4. The van der Waals surface area contributed by atoms with Crippen molar-refractivity contribution in [3.8, 4) is 0 Å². The van der Waals surface area contributed by atoms with Crippen LogP contribution in [0.25, 0.3) is 21.8 Å². The zero-order chi connectivity index (χ0) is 34.6. The number of anilines is 2. The van der Waals surface area contributed by atoms with Gasteiger partial charge in [-0.25, -0.2) is 0 Å². The molecular formula is C33H36F6N4O4. The average Bonchev–Trinajstić information content (AvgIpc) is 3.01. The number of benzene rings is 2. The van der Waals surface area contributed by atoms with E-state index in [1.807, 2.05) is 0 Å². The van der Waals surface area contributed by atoms with Crippen molar-refractivity contribution in [3.05, 3.63) is 73.1 Å². The maximum absolute atomic E-state index is 10.5. The second kappa shape index (κ2) is 16.8. The van der Waals surface area contributed by atoms with Gasteiger partial charge in [-0.05, 0) is 37.3 Å². The summed E-state index contributed by atoms with van der Waals surface area (Å²) in [5.74, 6) is -5.35. The molecule has 0 radical (unpaired) electrons. The largest absolute Gasteiger partial charge is 0.542 e. The van der Waals surface area contributed by atoms with Crippen molar-refractivity contribution >= 4 is 45.1 Å². The first kappa shape index (κ1) is 36.8. The molecule has 8 nitrogen and oxygen atoms in total. The van der Waals surface area contributed by atoms with E-state index in [-0.39, 0.29) is 0 Å². The van der Waals surface area contributed by atoms with Gasteiger partial charge < -0.3 is 30.4 Å². The van der Waals surface area contributed by atoms with Crippen LogP contribution in [0.4, 0.5) is 37.7 Å². The van der Waals surface area contributed by atoms with Gasteiger partial charge in [0, 0.05) is 50.2 Å². The monoisotopic (exact) mass is 666 g/mol. The Bertz CT molecular complexity index is 1530. The predicted octanol–water partition coefficient (Wildman–Crippen LogP) is 4.29. The highest BCUT2D eigenvalue weighted by molar-refractivity contribution is 5.89. The van der Waals surface area contributed by atoms with Crippen LogP contribution in [0.3, 0.4) is 0 Å². The Balaban J connectivity index is 0.000000360. The number of nitrogens with one attached hydrogen (secondary N) is 2. The van der Waals surface area contributed by atoms with Crippen LogP contribution in [0, 0.1) is 5.92 Å². The number of pyridine rings is 2. The summed E-state index contributed by atoms with van der Waals surface area (Å²) in [6, 6.07) is 22.1. The van der Waals surface area contributed by atoms with Crippen molar-refractivity contribution in [2.24, 2.45) is 5.92 Å². The molecule has 0 saturated carbocycles. The molecule has 47 heavy (non-hydrogen) atoms. The molecule has 0 aliphatic carbocycles. The molecule has 5 rings (SSSR count). The van der Waals surface area contributed by atoms with E-state index in [0.717, 1.165) is 26.2 Å². The second-order valence-electron chi connectivity index (χ2n) is 11.0. The molecule has 4 aromatic rings. The number of carbonyl (C=O) groups excluding carboxylic acids is 2. The van der Waals surface area contributed by atoms with Gasteiger partial charge in [-0.2, -0.15) is 35.5 Å². The van der Waals surface area contributed by atoms with Crippen molar-refractivity contribution in [2.45, 2.75) is 64.5 Å². The first-order valence-electron chi connectivity index (χ1n) is 15.0. The smallest absolute Gasteiger partial charge is 0.430 e. The number of aliphatic carboxylic acids is 2. The first-order valence-corrected chi connectivity index (χ1v) is 15.0. The van der Waals surface area contributed by atoms with Gasteiger partial charge in [0.1, 0.15) is 25.0 Å². The number of fused-ring (bicyclic) bond motifs is 12. The van der Waals surface area contributed by atoms with E-state index < -0.39 is 24.3 Å². The molecule has 0 amide bonds. The van der Waals surface area contributed by atoms with Crippen molar-refractivity contribution < 1.29 is 55.3 Å². The lowest BCUT2D eigenvalue weighted by molar-refractivity contribution is -0.675. The number of carbonyl (C=O) groups is 2. The molecule has 2 aromatic heterocycles. The van der Waals surface area contributed by atoms with E-state index in [0.29, 0.717) is 5.92 Å². The van der Waals surface area contributed by atoms with E-state index in [1.54, 1.807) is 0 Å². The number of nitrogens with zero attached hydrogens (tertiary/aromatic N) is 2. The number of alkyl halides is 6. The van der Waals surface area contributed by atoms with Crippen LogP contribution in [0.1, 0.15) is 39.0 Å². The van der Waals surface area contributed by atoms with E-state index >= 15 is 0 Å². The van der Waals surface area contributed by atoms with Crippen LogP contribution in [-0.2, 0) is 22.7 Å². The summed E-state index contributed by atoms with van der Waals surface area (Å²) >= 11 is 0. The van der Waals surface area contributed by atoms with Crippen molar-refractivity contribution in [3.63, 3.8) is 0 Å². The standard InChI is InChI=1S/C29H34N4.2C2HF3O2/c1-23-13-17-30-26-15-21-32(28-11-5-3-9-24(26)28)19-7-2-8-20-33-22-16-27(31-18-14-23)25-10-4-6-12-29(25)33;2*3-2(4,5)1(6)7/h3-6,9-12,15-16,21-23H,2,7-8,13-14,17-20H2,1H3;2*(H,6,7). The topological polar surface area (TPSA) is 112 Å². The number of aryl methyl sites for hydroxylation is 2. The summed E-state index contributed by atoms with van der Waals surface area (Å²) in [6.45, 7) is 6.49. The number of carboxylic acid groups (broad SMARTS) is 2. The SMILES string of the molecule is CC1CCNc2cc[n+](c3ccccc23)CCCCC[n+]2ccc(c3ccccc32)NCC1.O=C([O-])C(F)(F)F.O=C([O-])C(F)(F)F. The average molecular weight is 667 g/mol. The Kier molecular flexibility index (Phi) is 13.2. The summed E-state index contributed by atoms with van der Waals surface area (Å²) in [5.41, 5.74) is 5.16. The number of rotatable bonds is 0. The fourth-order valence-corrected chi connectivity index (χ4v) is 5.06. The Hall–Kier alpha value is -4.62. The maximum Gasteiger partial charge on any atom is 0.430 e. The third-order valence-electron chi connectivity index (χ3n) is 7.52. The van der Waals surface area contributed by atoms with Gasteiger partial charge in [0.2, 0.25) is 11.0 Å². The fourth-order valence-electron chi connectivity index (χ4n) is 5.06. The quantitative estimate of drug-likeness (QED) is 0.214. The zero-order valence-corrected chi connectivity index (χ0v) is 25.7. The van der Waals surface area contributed by atoms with E-state index in [9.17, 15) is 26.3 Å². The molecule has 4 bridgehead atoms. The minimum atomic E-state index is -5.19. The van der Waals surface area contributed by atoms with Gasteiger partial charge in [0.15, 0.2) is 12.4 Å². The molecule has 0 saturated heterocycles. The van der Waals surface area contributed by atoms with Crippen molar-refractivity contribution in [1.82, 2.24) is 0 Å². The van der Waals surface area contributed by atoms with E-state index in [4.69, 9.17) is 19.8 Å². The molecule has 3 heterocycles. The molecule has 0 unspecified atom stereocenters. The lowest BCUT2D eigenvalue weighted by Gasteiger charge is -2.15. The summed E-state index contributed by atoms with van der Waals surface area (Å²) in [4.78, 5) is 17.6. The lowest BCUT2D eigenvalue weighted by Crippen LogP contribution is -2.37. The summed E-state index contributed by atoms with van der Waals surface area (Å²) in [6.07, 6.45) is 0.0737.